The highest BCUT2D eigenvalue weighted by Gasteiger charge is 2.44. The highest BCUT2D eigenvalue weighted by atomic mass is 16.5. The van der Waals surface area contributed by atoms with Crippen LogP contribution in [0, 0.1) is 36.5 Å². The molecule has 0 amide bonds. The summed E-state index contributed by atoms with van der Waals surface area (Å²) in [6.07, 6.45) is 12.4. The van der Waals surface area contributed by atoms with E-state index in [-0.39, 0.29) is 6.10 Å². The van der Waals surface area contributed by atoms with Crippen molar-refractivity contribution in [2.75, 3.05) is 19.6 Å². The molecule has 6 atom stereocenters. The molecule has 1 saturated heterocycles. The van der Waals surface area contributed by atoms with Gasteiger partial charge in [-0.15, -0.1) is 10.2 Å². The van der Waals surface area contributed by atoms with Gasteiger partial charge in [-0.05, 0) is 68.3 Å². The molecule has 1 aliphatic heterocycles. The quantitative estimate of drug-likeness (QED) is 0.713. The van der Waals surface area contributed by atoms with Crippen LogP contribution in [-0.2, 0) is 7.05 Å². The van der Waals surface area contributed by atoms with Crippen molar-refractivity contribution < 1.29 is 4.74 Å². The second kappa shape index (κ2) is 7.19. The average molecular weight is 406 g/mol. The Bertz CT molecular complexity index is 937. The number of likely N-dealkylation sites (tertiary alicyclic amines) is 1. The average Bonchev–Trinajstić information content (AvgIpc) is 3.51. The molecule has 4 unspecified atom stereocenters. The predicted octanol–water partition coefficient (Wildman–Crippen LogP) is 3.49. The first-order valence-electron chi connectivity index (χ1n) is 11.5. The van der Waals surface area contributed by atoms with Gasteiger partial charge in [0.1, 0.15) is 6.10 Å². The van der Waals surface area contributed by atoms with Crippen molar-refractivity contribution in [3.8, 4) is 17.1 Å². The van der Waals surface area contributed by atoms with Gasteiger partial charge in [0.05, 0.1) is 11.4 Å². The number of ether oxygens (including phenoxy) is 1. The van der Waals surface area contributed by atoms with Crippen LogP contribution in [-0.4, -0.2) is 50.6 Å². The van der Waals surface area contributed by atoms with Crippen molar-refractivity contribution in [3.05, 3.63) is 36.2 Å². The summed E-state index contributed by atoms with van der Waals surface area (Å²) in [4.78, 5) is 2.75. The van der Waals surface area contributed by atoms with Crippen LogP contribution in [0.15, 0.2) is 30.5 Å². The van der Waals surface area contributed by atoms with Crippen molar-refractivity contribution in [1.82, 2.24) is 24.9 Å². The molecule has 2 aromatic heterocycles. The normalized spacial score (nSPS) is 34.7. The van der Waals surface area contributed by atoms with Crippen LogP contribution in [0.25, 0.3) is 11.3 Å². The number of hydrogen-bond donors (Lipinski definition) is 0. The Labute approximate surface area is 178 Å². The summed E-state index contributed by atoms with van der Waals surface area (Å²) in [5.41, 5.74) is 2.84. The summed E-state index contributed by atoms with van der Waals surface area (Å²) in [7, 11) is 1.92. The number of aromatic nitrogens is 4. The number of hydrogen-bond acceptors (Lipinski definition) is 5. The molecule has 3 aliphatic carbocycles. The van der Waals surface area contributed by atoms with E-state index in [1.165, 1.54) is 32.5 Å². The van der Waals surface area contributed by atoms with E-state index < -0.39 is 0 Å². The molecule has 0 aromatic carbocycles. The monoisotopic (exact) mass is 405 g/mol. The van der Waals surface area contributed by atoms with E-state index in [1.807, 2.05) is 37.0 Å². The van der Waals surface area contributed by atoms with E-state index in [0.29, 0.717) is 5.88 Å². The second-order valence-corrected chi connectivity index (χ2v) is 10.0. The molecular weight excluding hydrogens is 374 g/mol. The van der Waals surface area contributed by atoms with Crippen molar-refractivity contribution in [3.63, 3.8) is 0 Å². The third-order valence-electron chi connectivity index (χ3n) is 7.91. The fourth-order valence-electron chi connectivity index (χ4n) is 6.57. The molecule has 0 spiro atoms. The standard InChI is InChI=1S/C24H31N5O/c1-15-22(14-28(2)27-15)23-5-6-24(26-25-23)30-21-9-19-12-29(13-20(19)10-21)11-18-8-16-3-4-17(18)7-16/h3-6,14,16-21H,7-13H2,1-2H3/t16?,17?,18?,19-,20+,21?. The van der Waals surface area contributed by atoms with Gasteiger partial charge in [0.25, 0.3) is 0 Å². The molecule has 2 bridgehead atoms. The van der Waals surface area contributed by atoms with Crippen LogP contribution in [0.1, 0.15) is 31.4 Å². The smallest absolute Gasteiger partial charge is 0.233 e. The SMILES string of the molecule is Cc1nn(C)cc1-c1ccc(OC2C[C@@H]3CN(CC4CC5C=CC4C5)C[C@@H]3C2)nn1. The number of aryl methyl sites for hydroxylation is 2. The van der Waals surface area contributed by atoms with E-state index >= 15 is 0 Å². The Hall–Kier alpha value is -2.21. The maximum absolute atomic E-state index is 6.22. The van der Waals surface area contributed by atoms with E-state index in [1.54, 1.807) is 0 Å². The number of fused-ring (bicyclic) bond motifs is 3. The summed E-state index contributed by atoms with van der Waals surface area (Å²) in [6.45, 7) is 5.82. The van der Waals surface area contributed by atoms with Crippen LogP contribution in [0.2, 0.25) is 0 Å². The molecular formula is C24H31N5O. The van der Waals surface area contributed by atoms with Gasteiger partial charge in [0.15, 0.2) is 0 Å². The highest BCUT2D eigenvalue weighted by molar-refractivity contribution is 5.60. The Morgan fingerprint density at radius 2 is 1.87 bits per heavy atom. The van der Waals surface area contributed by atoms with Gasteiger partial charge in [-0.1, -0.05) is 12.2 Å². The fourth-order valence-corrected chi connectivity index (χ4v) is 6.57. The Balaban J connectivity index is 1.02. The van der Waals surface area contributed by atoms with Gasteiger partial charge in [-0.25, -0.2) is 0 Å². The zero-order chi connectivity index (χ0) is 20.2. The molecule has 6 nitrogen and oxygen atoms in total. The van der Waals surface area contributed by atoms with E-state index in [0.717, 1.165) is 59.4 Å². The molecule has 0 N–H and O–H groups in total. The Morgan fingerprint density at radius 1 is 1.03 bits per heavy atom. The zero-order valence-corrected chi connectivity index (χ0v) is 17.9. The van der Waals surface area contributed by atoms with E-state index in [9.17, 15) is 0 Å². The molecule has 4 aliphatic rings. The van der Waals surface area contributed by atoms with Crippen LogP contribution >= 0.6 is 0 Å². The topological polar surface area (TPSA) is 56.1 Å². The van der Waals surface area contributed by atoms with E-state index in [4.69, 9.17) is 4.74 Å². The van der Waals surface area contributed by atoms with Crippen LogP contribution in [0.3, 0.4) is 0 Å². The predicted molar refractivity (Wildman–Crippen MR) is 115 cm³/mol. The van der Waals surface area contributed by atoms with E-state index in [2.05, 4.69) is 32.3 Å². The lowest BCUT2D eigenvalue weighted by atomic mass is 9.93. The molecule has 2 saturated carbocycles. The summed E-state index contributed by atoms with van der Waals surface area (Å²) in [6, 6.07) is 3.95. The third-order valence-corrected chi connectivity index (χ3v) is 7.91. The van der Waals surface area contributed by atoms with Crippen molar-refractivity contribution >= 4 is 0 Å². The summed E-state index contributed by atoms with van der Waals surface area (Å²) >= 11 is 0. The Kier molecular flexibility index (Phi) is 4.44. The largest absolute Gasteiger partial charge is 0.473 e. The first kappa shape index (κ1) is 18.6. The molecule has 0 radical (unpaired) electrons. The lowest BCUT2D eigenvalue weighted by Gasteiger charge is -2.26. The maximum Gasteiger partial charge on any atom is 0.233 e. The molecule has 3 heterocycles. The van der Waals surface area contributed by atoms with Gasteiger partial charge in [-0.3, -0.25) is 4.68 Å². The fraction of sp³-hybridized carbons (Fsp3) is 0.625. The molecule has 30 heavy (non-hydrogen) atoms. The minimum Gasteiger partial charge on any atom is -0.473 e. The lowest BCUT2D eigenvalue weighted by Crippen LogP contribution is -2.31. The van der Waals surface area contributed by atoms with Gasteiger partial charge in [0, 0.05) is 44.5 Å². The van der Waals surface area contributed by atoms with Gasteiger partial charge < -0.3 is 9.64 Å². The van der Waals surface area contributed by atoms with Crippen LogP contribution < -0.4 is 4.74 Å². The van der Waals surface area contributed by atoms with Gasteiger partial charge >= 0.3 is 0 Å². The Morgan fingerprint density at radius 3 is 2.47 bits per heavy atom. The van der Waals surface area contributed by atoms with Crippen LogP contribution in [0.4, 0.5) is 0 Å². The minimum absolute atomic E-state index is 0.285. The number of nitrogens with zero attached hydrogens (tertiary/aromatic N) is 5. The second-order valence-electron chi connectivity index (χ2n) is 10.0. The van der Waals surface area contributed by atoms with Crippen molar-refractivity contribution in [1.29, 1.82) is 0 Å². The first-order valence-corrected chi connectivity index (χ1v) is 11.5. The number of allylic oxidation sites excluding steroid dienone is 2. The van der Waals surface area contributed by atoms with Crippen LogP contribution in [0.5, 0.6) is 5.88 Å². The third kappa shape index (κ3) is 3.35. The molecule has 6 heteroatoms. The minimum atomic E-state index is 0.285. The lowest BCUT2D eigenvalue weighted by molar-refractivity contribution is 0.170. The summed E-state index contributed by atoms with van der Waals surface area (Å²) in [5.74, 6) is 4.88. The van der Waals surface area contributed by atoms with Crippen molar-refractivity contribution in [2.24, 2.45) is 36.6 Å². The molecule has 158 valence electrons. The highest BCUT2D eigenvalue weighted by Crippen LogP contribution is 2.45. The molecule has 6 rings (SSSR count). The summed E-state index contributed by atoms with van der Waals surface area (Å²) in [5, 5.41) is 13.1. The van der Waals surface area contributed by atoms with Crippen molar-refractivity contribution in [2.45, 2.75) is 38.7 Å². The van der Waals surface area contributed by atoms with Gasteiger partial charge in [-0.2, -0.15) is 5.10 Å². The van der Waals surface area contributed by atoms with Gasteiger partial charge in [0.2, 0.25) is 5.88 Å². The summed E-state index contributed by atoms with van der Waals surface area (Å²) < 4.78 is 8.04. The first-order chi connectivity index (χ1) is 14.6. The number of rotatable bonds is 5. The molecule has 3 fully saturated rings. The maximum atomic E-state index is 6.22. The zero-order valence-electron chi connectivity index (χ0n) is 17.9. The molecule has 2 aromatic rings.